The molecule has 1 amide bonds. The van der Waals surface area contributed by atoms with Gasteiger partial charge >= 0.3 is 0 Å². The zero-order chi connectivity index (χ0) is 20.5. The first-order chi connectivity index (χ1) is 14.0. The van der Waals surface area contributed by atoms with E-state index in [1.54, 1.807) is 0 Å². The van der Waals surface area contributed by atoms with Gasteiger partial charge in [-0.1, -0.05) is 18.0 Å². The molecule has 3 heterocycles. The van der Waals surface area contributed by atoms with Crippen molar-refractivity contribution in [1.29, 1.82) is 0 Å². The van der Waals surface area contributed by atoms with Crippen molar-refractivity contribution in [2.24, 2.45) is 7.05 Å². The van der Waals surface area contributed by atoms with Crippen molar-refractivity contribution in [2.45, 2.75) is 33.1 Å². The van der Waals surface area contributed by atoms with E-state index in [0.717, 1.165) is 54.5 Å². The second-order valence-corrected chi connectivity index (χ2v) is 8.03. The number of nitrogens with zero attached hydrogens (tertiary/aromatic N) is 4. The highest BCUT2D eigenvalue weighted by molar-refractivity contribution is 6.30. The Labute approximate surface area is 176 Å². The molecule has 0 saturated carbocycles. The maximum atomic E-state index is 13.0. The van der Waals surface area contributed by atoms with Crippen molar-refractivity contribution in [3.63, 3.8) is 0 Å². The molecule has 1 aromatic carbocycles. The van der Waals surface area contributed by atoms with Gasteiger partial charge in [0.05, 0.1) is 11.4 Å². The van der Waals surface area contributed by atoms with Crippen LogP contribution in [0.2, 0.25) is 5.02 Å². The molecule has 0 atom stereocenters. The number of halogens is 1. The summed E-state index contributed by atoms with van der Waals surface area (Å²) in [7, 11) is 2.01. The summed E-state index contributed by atoms with van der Waals surface area (Å²) in [5, 5.41) is 2.67. The molecule has 6 nitrogen and oxygen atoms in total. The van der Waals surface area contributed by atoms with Crippen LogP contribution < -0.4 is 5.43 Å². The van der Waals surface area contributed by atoms with Gasteiger partial charge in [-0.05, 0) is 63.1 Å². The summed E-state index contributed by atoms with van der Waals surface area (Å²) in [6.07, 6.45) is 3.42. The van der Waals surface area contributed by atoms with Crippen LogP contribution in [0.15, 0.2) is 36.4 Å². The van der Waals surface area contributed by atoms with Crippen LogP contribution >= 0.6 is 11.6 Å². The quantitative estimate of drug-likeness (QED) is 0.697. The first-order valence-electron chi connectivity index (χ1n) is 9.99. The van der Waals surface area contributed by atoms with E-state index < -0.39 is 0 Å². The molecule has 1 N–H and O–H groups in total. The van der Waals surface area contributed by atoms with E-state index in [1.165, 1.54) is 6.42 Å². The lowest BCUT2D eigenvalue weighted by Crippen LogP contribution is -2.45. The zero-order valence-corrected chi connectivity index (χ0v) is 17.8. The van der Waals surface area contributed by atoms with Gasteiger partial charge < -0.3 is 4.57 Å². The fraction of sp³-hybridized carbons (Fsp3) is 0.364. The third-order valence-electron chi connectivity index (χ3n) is 5.63. The fourth-order valence-electron chi connectivity index (χ4n) is 3.83. The zero-order valence-electron chi connectivity index (χ0n) is 17.1. The number of aryl methyl sites for hydroxylation is 1. The minimum atomic E-state index is -0.163. The summed E-state index contributed by atoms with van der Waals surface area (Å²) in [4.78, 5) is 17.8. The molecule has 29 heavy (non-hydrogen) atoms. The molecule has 1 aliphatic heterocycles. The van der Waals surface area contributed by atoms with Crippen LogP contribution in [-0.4, -0.2) is 38.1 Å². The van der Waals surface area contributed by atoms with Gasteiger partial charge in [-0.25, -0.2) is 9.99 Å². The molecular weight excluding hydrogens is 386 g/mol. The number of nitrogens with one attached hydrogen (secondary N) is 1. The number of hydrogen-bond donors (Lipinski definition) is 1. The van der Waals surface area contributed by atoms with Crippen LogP contribution in [0.1, 0.15) is 41.1 Å². The summed E-state index contributed by atoms with van der Waals surface area (Å²) in [6.45, 7) is 5.75. The molecule has 1 saturated heterocycles. The Morgan fingerprint density at radius 2 is 1.72 bits per heavy atom. The third kappa shape index (κ3) is 3.82. The van der Waals surface area contributed by atoms with Crippen molar-refractivity contribution in [3.8, 4) is 17.2 Å². The van der Waals surface area contributed by atoms with E-state index in [1.807, 2.05) is 53.9 Å². The number of benzene rings is 1. The van der Waals surface area contributed by atoms with E-state index in [2.05, 4.69) is 23.0 Å². The summed E-state index contributed by atoms with van der Waals surface area (Å²) in [5.41, 5.74) is 7.29. The molecule has 0 radical (unpaired) electrons. The van der Waals surface area contributed by atoms with Crippen LogP contribution in [-0.2, 0) is 7.05 Å². The maximum absolute atomic E-state index is 13.0. The fourth-order valence-corrected chi connectivity index (χ4v) is 3.96. The van der Waals surface area contributed by atoms with E-state index in [4.69, 9.17) is 16.6 Å². The number of hydrogen-bond acceptors (Lipinski definition) is 3. The molecule has 0 aliphatic carbocycles. The first-order valence-corrected chi connectivity index (χ1v) is 10.4. The average molecular weight is 412 g/mol. The molecule has 7 heteroatoms. The highest BCUT2D eigenvalue weighted by atomic mass is 35.5. The van der Waals surface area contributed by atoms with Crippen LogP contribution in [0.4, 0.5) is 0 Å². The predicted molar refractivity (Wildman–Crippen MR) is 115 cm³/mol. The minimum Gasteiger partial charge on any atom is -0.345 e. The standard InChI is InChI=1S/C22H26ClN5O/c1-15-7-12-19(26(15)3)21-24-20(22(29)25-27-13-5-4-6-14-27)16(2)28(21)18-10-8-17(23)9-11-18/h7-12H,4-6,13-14H2,1-3H3,(H,25,29). The van der Waals surface area contributed by atoms with Gasteiger partial charge in [0, 0.05) is 36.5 Å². The van der Waals surface area contributed by atoms with Crippen LogP contribution in [0.5, 0.6) is 0 Å². The SMILES string of the molecule is Cc1ccc(-c2nc(C(=O)NN3CCCCC3)c(C)n2-c2ccc(Cl)cc2)n1C. The lowest BCUT2D eigenvalue weighted by molar-refractivity contribution is 0.0744. The van der Waals surface area contributed by atoms with E-state index in [0.29, 0.717) is 10.7 Å². The van der Waals surface area contributed by atoms with Crippen LogP contribution in [0.3, 0.4) is 0 Å². The number of imidazole rings is 1. The van der Waals surface area contributed by atoms with Gasteiger partial charge in [0.25, 0.3) is 5.91 Å². The minimum absolute atomic E-state index is 0.163. The smallest absolute Gasteiger partial charge is 0.286 e. The van der Waals surface area contributed by atoms with Crippen LogP contribution in [0, 0.1) is 13.8 Å². The topological polar surface area (TPSA) is 55.1 Å². The van der Waals surface area contributed by atoms with Gasteiger partial charge in [-0.3, -0.25) is 14.8 Å². The second-order valence-electron chi connectivity index (χ2n) is 7.59. The summed E-state index contributed by atoms with van der Waals surface area (Å²) in [6, 6.07) is 11.7. The molecule has 1 fully saturated rings. The number of carbonyl (C=O) groups excluding carboxylic acids is 1. The van der Waals surface area contributed by atoms with Crippen molar-refractivity contribution < 1.29 is 4.79 Å². The lowest BCUT2D eigenvalue weighted by atomic mass is 10.2. The van der Waals surface area contributed by atoms with Crippen molar-refractivity contribution >= 4 is 17.5 Å². The first kappa shape index (κ1) is 19.7. The van der Waals surface area contributed by atoms with Crippen LogP contribution in [0.25, 0.3) is 17.2 Å². The molecule has 1 aliphatic rings. The Balaban J connectivity index is 1.79. The molecule has 4 rings (SSSR count). The molecular formula is C22H26ClN5O. The number of amides is 1. The Bertz CT molecular complexity index is 1030. The predicted octanol–water partition coefficient (Wildman–Crippen LogP) is 4.28. The molecule has 0 spiro atoms. The Morgan fingerprint density at radius 3 is 2.34 bits per heavy atom. The normalized spacial score (nSPS) is 14.9. The Morgan fingerprint density at radius 1 is 1.03 bits per heavy atom. The van der Waals surface area contributed by atoms with Crippen molar-refractivity contribution in [3.05, 3.63) is 58.5 Å². The van der Waals surface area contributed by atoms with Gasteiger partial charge in [-0.15, -0.1) is 0 Å². The van der Waals surface area contributed by atoms with Gasteiger partial charge in [-0.2, -0.15) is 0 Å². The van der Waals surface area contributed by atoms with E-state index in [9.17, 15) is 4.79 Å². The average Bonchev–Trinajstić information content (AvgIpc) is 3.23. The van der Waals surface area contributed by atoms with Gasteiger partial charge in [0.2, 0.25) is 0 Å². The van der Waals surface area contributed by atoms with Gasteiger partial charge in [0.1, 0.15) is 0 Å². The highest BCUT2D eigenvalue weighted by Crippen LogP contribution is 2.28. The number of piperidine rings is 1. The number of rotatable bonds is 4. The van der Waals surface area contributed by atoms with Crippen molar-refractivity contribution in [2.75, 3.05) is 13.1 Å². The largest absolute Gasteiger partial charge is 0.345 e. The molecule has 0 unspecified atom stereocenters. The third-order valence-corrected chi connectivity index (χ3v) is 5.88. The highest BCUT2D eigenvalue weighted by Gasteiger charge is 2.24. The van der Waals surface area contributed by atoms with Crippen molar-refractivity contribution in [1.82, 2.24) is 24.6 Å². The molecule has 152 valence electrons. The number of hydrazine groups is 1. The van der Waals surface area contributed by atoms with E-state index >= 15 is 0 Å². The molecule has 0 bridgehead atoms. The van der Waals surface area contributed by atoms with E-state index in [-0.39, 0.29) is 5.91 Å². The summed E-state index contributed by atoms with van der Waals surface area (Å²) < 4.78 is 4.11. The number of aromatic nitrogens is 3. The Hall–Kier alpha value is -2.57. The molecule has 3 aromatic rings. The molecule has 2 aromatic heterocycles. The monoisotopic (exact) mass is 411 g/mol. The maximum Gasteiger partial charge on any atom is 0.286 e. The lowest BCUT2D eigenvalue weighted by Gasteiger charge is -2.26. The Kier molecular flexibility index (Phi) is 5.48. The second kappa shape index (κ2) is 8.05. The summed E-state index contributed by atoms with van der Waals surface area (Å²) >= 11 is 6.09. The van der Waals surface area contributed by atoms with Gasteiger partial charge in [0.15, 0.2) is 11.5 Å². The number of carbonyl (C=O) groups is 1. The summed E-state index contributed by atoms with van der Waals surface area (Å²) in [5.74, 6) is 0.577.